The number of rotatable bonds is 1. The number of nitrogens with zero attached hydrogens (tertiary/aromatic N) is 1. The Morgan fingerprint density at radius 2 is 2.25 bits per heavy atom. The minimum absolute atomic E-state index is 0.331. The third kappa shape index (κ3) is 1.51. The van der Waals surface area contributed by atoms with Gasteiger partial charge < -0.3 is 0 Å². The Labute approximate surface area is 70.8 Å². The average molecular weight is 161 g/mol. The van der Waals surface area contributed by atoms with Crippen LogP contribution in [0.2, 0.25) is 0 Å². The Hall–Kier alpha value is -1.62. The second-order valence-electron chi connectivity index (χ2n) is 2.59. The van der Waals surface area contributed by atoms with Crippen LogP contribution in [-0.2, 0) is 0 Å². The van der Waals surface area contributed by atoms with Crippen LogP contribution in [0.1, 0.15) is 18.1 Å². The van der Waals surface area contributed by atoms with Crippen molar-refractivity contribution in [1.82, 2.24) is 0 Å². The standard InChI is InChI=1S/C10H8FN/c1-7(2)9-4-3-8(6-12)5-10(9)11/h3-5H,1H2,2H3. The molecule has 0 aliphatic carbocycles. The van der Waals surface area contributed by atoms with Crippen molar-refractivity contribution in [3.05, 3.63) is 41.7 Å². The predicted molar refractivity (Wildman–Crippen MR) is 45.8 cm³/mol. The van der Waals surface area contributed by atoms with Gasteiger partial charge in [-0.05, 0) is 24.6 Å². The number of allylic oxidation sites excluding steroid dienone is 1. The lowest BCUT2D eigenvalue weighted by Gasteiger charge is -2.00. The first kappa shape index (κ1) is 8.48. The van der Waals surface area contributed by atoms with Gasteiger partial charge in [0.1, 0.15) is 5.82 Å². The van der Waals surface area contributed by atoms with Crippen LogP contribution in [0.4, 0.5) is 4.39 Å². The van der Waals surface area contributed by atoms with Gasteiger partial charge in [-0.25, -0.2) is 4.39 Å². The third-order valence-corrected chi connectivity index (χ3v) is 1.56. The van der Waals surface area contributed by atoms with Crippen molar-refractivity contribution in [1.29, 1.82) is 5.26 Å². The molecular formula is C10H8FN. The zero-order valence-corrected chi connectivity index (χ0v) is 6.76. The van der Waals surface area contributed by atoms with Crippen molar-refractivity contribution in [2.24, 2.45) is 0 Å². The summed E-state index contributed by atoms with van der Waals surface area (Å²) in [5, 5.41) is 8.45. The summed E-state index contributed by atoms with van der Waals surface area (Å²) in [5.41, 5.74) is 1.46. The third-order valence-electron chi connectivity index (χ3n) is 1.56. The molecular weight excluding hydrogens is 153 g/mol. The lowest BCUT2D eigenvalue weighted by atomic mass is 10.1. The molecule has 60 valence electrons. The quantitative estimate of drug-likeness (QED) is 0.621. The van der Waals surface area contributed by atoms with Crippen LogP contribution in [0.25, 0.3) is 5.57 Å². The van der Waals surface area contributed by atoms with Gasteiger partial charge in [-0.2, -0.15) is 5.26 Å². The van der Waals surface area contributed by atoms with Crippen LogP contribution in [0, 0.1) is 17.1 Å². The minimum atomic E-state index is -0.387. The predicted octanol–water partition coefficient (Wildman–Crippen LogP) is 2.73. The highest BCUT2D eigenvalue weighted by Crippen LogP contribution is 2.16. The summed E-state index contributed by atoms with van der Waals surface area (Å²) in [6.45, 7) is 5.35. The molecule has 0 heterocycles. The van der Waals surface area contributed by atoms with Crippen LogP contribution in [0.3, 0.4) is 0 Å². The molecule has 2 heteroatoms. The smallest absolute Gasteiger partial charge is 0.131 e. The molecule has 0 bridgehead atoms. The van der Waals surface area contributed by atoms with Crippen LogP contribution in [0.15, 0.2) is 24.8 Å². The number of hydrogen-bond acceptors (Lipinski definition) is 1. The normalized spacial score (nSPS) is 9.08. The molecule has 0 fully saturated rings. The second-order valence-corrected chi connectivity index (χ2v) is 2.59. The molecule has 0 unspecified atom stereocenters. The van der Waals surface area contributed by atoms with Crippen molar-refractivity contribution in [2.45, 2.75) is 6.92 Å². The Morgan fingerprint density at radius 3 is 2.67 bits per heavy atom. The van der Waals surface area contributed by atoms with E-state index in [1.165, 1.54) is 6.07 Å². The first-order valence-corrected chi connectivity index (χ1v) is 3.50. The summed E-state index contributed by atoms with van der Waals surface area (Å²) < 4.78 is 13.1. The molecule has 0 aliphatic heterocycles. The van der Waals surface area contributed by atoms with Crippen molar-refractivity contribution in [3.63, 3.8) is 0 Å². The fourth-order valence-electron chi connectivity index (χ4n) is 0.931. The van der Waals surface area contributed by atoms with E-state index in [-0.39, 0.29) is 5.82 Å². The zero-order valence-electron chi connectivity index (χ0n) is 6.76. The first-order valence-electron chi connectivity index (χ1n) is 3.50. The maximum atomic E-state index is 13.1. The Balaban J connectivity index is 3.23. The van der Waals surface area contributed by atoms with Gasteiger partial charge in [0.15, 0.2) is 0 Å². The number of hydrogen-bond donors (Lipinski definition) is 0. The summed E-state index contributed by atoms with van der Waals surface area (Å²) >= 11 is 0. The Bertz CT molecular complexity index is 361. The highest BCUT2D eigenvalue weighted by molar-refractivity contribution is 5.62. The molecule has 0 saturated heterocycles. The topological polar surface area (TPSA) is 23.8 Å². The second kappa shape index (κ2) is 3.19. The van der Waals surface area contributed by atoms with Gasteiger partial charge >= 0.3 is 0 Å². The molecule has 1 aromatic rings. The zero-order chi connectivity index (χ0) is 9.14. The lowest BCUT2D eigenvalue weighted by Crippen LogP contribution is -1.86. The monoisotopic (exact) mass is 161 g/mol. The fourth-order valence-corrected chi connectivity index (χ4v) is 0.931. The van der Waals surface area contributed by atoms with E-state index in [1.807, 2.05) is 6.07 Å². The molecule has 1 nitrogen and oxygen atoms in total. The van der Waals surface area contributed by atoms with E-state index < -0.39 is 0 Å². The number of halogens is 1. The van der Waals surface area contributed by atoms with Gasteiger partial charge in [0.05, 0.1) is 11.6 Å². The average Bonchev–Trinajstić information content (AvgIpc) is 2.03. The molecule has 0 amide bonds. The van der Waals surface area contributed by atoms with E-state index in [4.69, 9.17) is 5.26 Å². The molecule has 0 spiro atoms. The van der Waals surface area contributed by atoms with Crippen LogP contribution < -0.4 is 0 Å². The van der Waals surface area contributed by atoms with Gasteiger partial charge in [-0.3, -0.25) is 0 Å². The summed E-state index contributed by atoms with van der Waals surface area (Å²) in [4.78, 5) is 0. The maximum Gasteiger partial charge on any atom is 0.131 e. The molecule has 0 aromatic heterocycles. The summed E-state index contributed by atoms with van der Waals surface area (Å²) in [6, 6.07) is 6.22. The van der Waals surface area contributed by atoms with Gasteiger partial charge in [-0.15, -0.1) is 0 Å². The van der Waals surface area contributed by atoms with Crippen molar-refractivity contribution < 1.29 is 4.39 Å². The fraction of sp³-hybridized carbons (Fsp3) is 0.100. The van der Waals surface area contributed by atoms with Gasteiger partial charge in [0.25, 0.3) is 0 Å². The number of benzene rings is 1. The van der Waals surface area contributed by atoms with Crippen LogP contribution in [0.5, 0.6) is 0 Å². The van der Waals surface area contributed by atoms with E-state index in [9.17, 15) is 4.39 Å². The van der Waals surface area contributed by atoms with Crippen molar-refractivity contribution in [3.8, 4) is 6.07 Å². The van der Waals surface area contributed by atoms with Gasteiger partial charge in [-0.1, -0.05) is 12.6 Å². The maximum absolute atomic E-state index is 13.1. The van der Waals surface area contributed by atoms with Crippen molar-refractivity contribution >= 4 is 5.57 Å². The number of nitriles is 1. The SMILES string of the molecule is C=C(C)c1ccc(C#N)cc1F. The van der Waals surface area contributed by atoms with E-state index in [0.717, 1.165) is 0 Å². The highest BCUT2D eigenvalue weighted by Gasteiger charge is 2.02. The van der Waals surface area contributed by atoms with E-state index >= 15 is 0 Å². The van der Waals surface area contributed by atoms with Crippen LogP contribution in [-0.4, -0.2) is 0 Å². The Morgan fingerprint density at radius 1 is 1.58 bits per heavy atom. The molecule has 12 heavy (non-hydrogen) atoms. The molecule has 1 rings (SSSR count). The minimum Gasteiger partial charge on any atom is -0.206 e. The Kier molecular flexibility index (Phi) is 2.25. The molecule has 0 saturated carbocycles. The van der Waals surface area contributed by atoms with E-state index in [1.54, 1.807) is 19.1 Å². The molecule has 1 aromatic carbocycles. The van der Waals surface area contributed by atoms with Crippen LogP contribution >= 0.6 is 0 Å². The molecule has 0 aliphatic rings. The first-order chi connectivity index (χ1) is 5.65. The molecule has 0 radical (unpaired) electrons. The van der Waals surface area contributed by atoms with Gasteiger partial charge in [0, 0.05) is 5.56 Å². The summed E-state index contributed by atoms with van der Waals surface area (Å²) in [7, 11) is 0. The largest absolute Gasteiger partial charge is 0.206 e. The van der Waals surface area contributed by atoms with Crippen molar-refractivity contribution in [2.75, 3.05) is 0 Å². The molecule has 0 N–H and O–H groups in total. The van der Waals surface area contributed by atoms with Gasteiger partial charge in [0.2, 0.25) is 0 Å². The lowest BCUT2D eigenvalue weighted by molar-refractivity contribution is 0.623. The highest BCUT2D eigenvalue weighted by atomic mass is 19.1. The van der Waals surface area contributed by atoms with E-state index in [0.29, 0.717) is 16.7 Å². The molecule has 0 atom stereocenters. The van der Waals surface area contributed by atoms with E-state index in [2.05, 4.69) is 6.58 Å². The summed E-state index contributed by atoms with van der Waals surface area (Å²) in [6.07, 6.45) is 0. The summed E-state index contributed by atoms with van der Waals surface area (Å²) in [5.74, 6) is -0.387.